The molecule has 0 bridgehead atoms. The Bertz CT molecular complexity index is 808. The van der Waals surface area contributed by atoms with Crippen molar-refractivity contribution in [3.05, 3.63) is 35.9 Å². The quantitative estimate of drug-likeness (QED) is 0.513. The minimum absolute atomic E-state index is 0.251. The number of hydrogen-bond acceptors (Lipinski definition) is 5. The zero-order valence-corrected chi connectivity index (χ0v) is 17.9. The monoisotopic (exact) mass is 422 g/mol. The van der Waals surface area contributed by atoms with E-state index in [-0.39, 0.29) is 17.4 Å². The maximum atomic E-state index is 12.8. The van der Waals surface area contributed by atoms with Crippen LogP contribution in [-0.2, 0) is 24.3 Å². The standard InChI is InChI=1S/C21H30N2O5S/c1-17(2)15-22-20(24)16-28-21(25)12-9-18-7-10-19(11-8-18)29(26,27)23-13-5-3-4-6-14-23/h7-12,17H,3-6,13-16H2,1-2H3,(H,22,24)/b12-9+. The Hall–Kier alpha value is -2.19. The minimum Gasteiger partial charge on any atom is -0.452 e. The lowest BCUT2D eigenvalue weighted by molar-refractivity contribution is -0.143. The third-order valence-electron chi connectivity index (χ3n) is 4.55. The van der Waals surface area contributed by atoms with Gasteiger partial charge in [0.15, 0.2) is 6.61 Å². The summed E-state index contributed by atoms with van der Waals surface area (Å²) < 4.78 is 32.0. The molecule has 1 aromatic carbocycles. The van der Waals surface area contributed by atoms with E-state index in [0.717, 1.165) is 25.7 Å². The van der Waals surface area contributed by atoms with Crippen LogP contribution in [-0.4, -0.2) is 50.8 Å². The molecule has 1 fully saturated rings. The van der Waals surface area contributed by atoms with Crippen LogP contribution in [0.4, 0.5) is 0 Å². The normalized spacial score (nSPS) is 16.0. The number of sulfonamides is 1. The molecule has 160 valence electrons. The van der Waals surface area contributed by atoms with Crippen LogP contribution in [0.5, 0.6) is 0 Å². The van der Waals surface area contributed by atoms with Crippen LogP contribution < -0.4 is 5.32 Å². The summed E-state index contributed by atoms with van der Waals surface area (Å²) in [7, 11) is -3.49. The second kappa shape index (κ2) is 11.1. The number of carbonyl (C=O) groups excluding carboxylic acids is 2. The van der Waals surface area contributed by atoms with Crippen LogP contribution in [0.1, 0.15) is 45.1 Å². The SMILES string of the molecule is CC(C)CNC(=O)COC(=O)/C=C/c1ccc(S(=O)(=O)N2CCCCCC2)cc1. The van der Waals surface area contributed by atoms with Gasteiger partial charge < -0.3 is 10.1 Å². The van der Waals surface area contributed by atoms with Crippen LogP contribution in [0.25, 0.3) is 6.08 Å². The second-order valence-corrected chi connectivity index (χ2v) is 9.46. The number of rotatable bonds is 8. The zero-order chi connectivity index (χ0) is 21.3. The Kier molecular flexibility index (Phi) is 8.85. The van der Waals surface area contributed by atoms with Crippen LogP contribution in [0, 0.1) is 5.92 Å². The molecule has 8 heteroatoms. The topological polar surface area (TPSA) is 92.8 Å². The largest absolute Gasteiger partial charge is 0.452 e. The predicted molar refractivity (Wildman–Crippen MR) is 112 cm³/mol. The highest BCUT2D eigenvalue weighted by Crippen LogP contribution is 2.21. The summed E-state index contributed by atoms with van der Waals surface area (Å²) in [6.45, 7) is 5.25. The molecule has 7 nitrogen and oxygen atoms in total. The second-order valence-electron chi connectivity index (χ2n) is 7.53. The highest BCUT2D eigenvalue weighted by molar-refractivity contribution is 7.89. The van der Waals surface area contributed by atoms with Crippen molar-refractivity contribution in [1.82, 2.24) is 9.62 Å². The lowest BCUT2D eigenvalue weighted by atomic mass is 10.2. The van der Waals surface area contributed by atoms with Gasteiger partial charge in [0.05, 0.1) is 4.90 Å². The number of ether oxygens (including phenoxy) is 1. The van der Waals surface area contributed by atoms with Crippen molar-refractivity contribution in [1.29, 1.82) is 0 Å². The molecule has 0 aromatic heterocycles. The number of esters is 1. The molecule has 1 aromatic rings. The number of hydrogen-bond donors (Lipinski definition) is 1. The molecule has 0 aliphatic carbocycles. The predicted octanol–water partition coefficient (Wildman–Crippen LogP) is 2.58. The Morgan fingerprint density at radius 1 is 1.10 bits per heavy atom. The number of carbonyl (C=O) groups is 2. The smallest absolute Gasteiger partial charge is 0.331 e. The maximum absolute atomic E-state index is 12.8. The molecule has 1 aliphatic rings. The molecule has 29 heavy (non-hydrogen) atoms. The molecule has 1 N–H and O–H groups in total. The Morgan fingerprint density at radius 3 is 2.31 bits per heavy atom. The first-order chi connectivity index (χ1) is 13.8. The average Bonchev–Trinajstić information content (AvgIpc) is 2.99. The maximum Gasteiger partial charge on any atom is 0.331 e. The van der Waals surface area contributed by atoms with Gasteiger partial charge in [0, 0.05) is 25.7 Å². The van der Waals surface area contributed by atoms with E-state index in [9.17, 15) is 18.0 Å². The third kappa shape index (κ3) is 7.62. The van der Waals surface area contributed by atoms with Gasteiger partial charge >= 0.3 is 5.97 Å². The summed E-state index contributed by atoms with van der Waals surface area (Å²) >= 11 is 0. The average molecular weight is 423 g/mol. The van der Waals surface area contributed by atoms with Crippen molar-refractivity contribution < 1.29 is 22.7 Å². The number of amides is 1. The molecule has 1 amide bonds. The van der Waals surface area contributed by atoms with Crippen molar-refractivity contribution in [3.63, 3.8) is 0 Å². The van der Waals surface area contributed by atoms with E-state index in [1.165, 1.54) is 12.2 Å². The molecule has 1 aliphatic heterocycles. The number of nitrogens with zero attached hydrogens (tertiary/aromatic N) is 1. The zero-order valence-electron chi connectivity index (χ0n) is 17.1. The summed E-state index contributed by atoms with van der Waals surface area (Å²) in [4.78, 5) is 23.5. The van der Waals surface area contributed by atoms with Gasteiger partial charge in [0.25, 0.3) is 5.91 Å². The summed E-state index contributed by atoms with van der Waals surface area (Å²) in [6.07, 6.45) is 6.64. The molecule has 0 radical (unpaired) electrons. The van der Waals surface area contributed by atoms with Crippen molar-refractivity contribution in [2.24, 2.45) is 5.92 Å². The van der Waals surface area contributed by atoms with Gasteiger partial charge in [-0.1, -0.05) is 38.8 Å². The summed E-state index contributed by atoms with van der Waals surface area (Å²) in [5, 5.41) is 2.66. The minimum atomic E-state index is -3.49. The van der Waals surface area contributed by atoms with Crippen LogP contribution in [0.2, 0.25) is 0 Å². The Labute approximate surface area is 173 Å². The third-order valence-corrected chi connectivity index (χ3v) is 6.46. The Balaban J connectivity index is 1.89. The summed E-state index contributed by atoms with van der Waals surface area (Å²) in [5.74, 6) is -0.657. The first-order valence-electron chi connectivity index (χ1n) is 10.0. The lowest BCUT2D eigenvalue weighted by Crippen LogP contribution is -2.31. The first kappa shape index (κ1) is 23.1. The van der Waals surface area contributed by atoms with Crippen LogP contribution in [0.15, 0.2) is 35.2 Å². The van der Waals surface area contributed by atoms with Crippen molar-refractivity contribution >= 4 is 28.0 Å². The van der Waals surface area contributed by atoms with E-state index in [1.807, 2.05) is 13.8 Å². The molecule has 0 unspecified atom stereocenters. The van der Waals surface area contributed by atoms with Gasteiger partial charge in [-0.05, 0) is 42.5 Å². The summed E-state index contributed by atoms with van der Waals surface area (Å²) in [6, 6.07) is 6.38. The van der Waals surface area contributed by atoms with Crippen molar-refractivity contribution in [2.45, 2.75) is 44.4 Å². The van der Waals surface area contributed by atoms with E-state index < -0.39 is 16.0 Å². The molecule has 2 rings (SSSR count). The van der Waals surface area contributed by atoms with Gasteiger partial charge in [-0.15, -0.1) is 0 Å². The number of nitrogens with one attached hydrogen (secondary N) is 1. The van der Waals surface area contributed by atoms with Gasteiger partial charge in [0.2, 0.25) is 10.0 Å². The van der Waals surface area contributed by atoms with E-state index in [4.69, 9.17) is 4.74 Å². The molecule has 1 heterocycles. The van der Waals surface area contributed by atoms with E-state index >= 15 is 0 Å². The van der Waals surface area contributed by atoms with Crippen molar-refractivity contribution in [3.8, 4) is 0 Å². The highest BCUT2D eigenvalue weighted by Gasteiger charge is 2.24. The van der Waals surface area contributed by atoms with E-state index in [0.29, 0.717) is 31.1 Å². The van der Waals surface area contributed by atoms with Gasteiger partial charge in [0.1, 0.15) is 0 Å². The first-order valence-corrected chi connectivity index (χ1v) is 11.4. The van der Waals surface area contributed by atoms with E-state index in [1.54, 1.807) is 28.6 Å². The molecule has 0 spiro atoms. The lowest BCUT2D eigenvalue weighted by Gasteiger charge is -2.19. The summed E-state index contributed by atoms with van der Waals surface area (Å²) in [5.41, 5.74) is 0.668. The van der Waals surface area contributed by atoms with Gasteiger partial charge in [-0.3, -0.25) is 4.79 Å². The molecule has 1 saturated heterocycles. The highest BCUT2D eigenvalue weighted by atomic mass is 32.2. The van der Waals surface area contributed by atoms with E-state index in [2.05, 4.69) is 5.32 Å². The fourth-order valence-electron chi connectivity index (χ4n) is 2.90. The van der Waals surface area contributed by atoms with Crippen LogP contribution >= 0.6 is 0 Å². The molecule has 0 atom stereocenters. The van der Waals surface area contributed by atoms with Gasteiger partial charge in [-0.2, -0.15) is 4.31 Å². The Morgan fingerprint density at radius 2 is 1.72 bits per heavy atom. The number of benzene rings is 1. The molecular weight excluding hydrogens is 392 g/mol. The fraction of sp³-hybridized carbons (Fsp3) is 0.524. The van der Waals surface area contributed by atoms with Crippen LogP contribution in [0.3, 0.4) is 0 Å². The fourth-order valence-corrected chi connectivity index (χ4v) is 4.42. The molecular formula is C21H30N2O5S. The molecule has 0 saturated carbocycles. The van der Waals surface area contributed by atoms with Gasteiger partial charge in [-0.25, -0.2) is 13.2 Å². The van der Waals surface area contributed by atoms with Crippen molar-refractivity contribution in [2.75, 3.05) is 26.2 Å².